The fourth-order valence-corrected chi connectivity index (χ4v) is 2.71. The Hall–Kier alpha value is -1.99. The Balaban J connectivity index is 2.22. The molecule has 0 aliphatic rings. The summed E-state index contributed by atoms with van der Waals surface area (Å²) >= 11 is 0. The van der Waals surface area contributed by atoms with Crippen LogP contribution in [0, 0.1) is 17.1 Å². The van der Waals surface area contributed by atoms with Crippen molar-refractivity contribution in [3.8, 4) is 6.07 Å². The third kappa shape index (κ3) is 2.82. The zero-order chi connectivity index (χ0) is 13.0. The first-order valence-electron chi connectivity index (χ1n) is 5.32. The number of benzene rings is 2. The molecule has 2 aromatic rings. The van der Waals surface area contributed by atoms with E-state index in [9.17, 15) is 8.60 Å². The van der Waals surface area contributed by atoms with Gasteiger partial charge in [-0.1, -0.05) is 18.2 Å². The van der Waals surface area contributed by atoms with E-state index in [2.05, 4.69) is 6.07 Å². The van der Waals surface area contributed by atoms with Crippen LogP contribution in [-0.2, 0) is 16.6 Å². The van der Waals surface area contributed by atoms with Crippen molar-refractivity contribution in [2.75, 3.05) is 0 Å². The monoisotopic (exact) mass is 259 g/mol. The van der Waals surface area contributed by atoms with Gasteiger partial charge in [0, 0.05) is 4.90 Å². The fraction of sp³-hybridized carbons (Fsp3) is 0.0714. The second-order valence-electron chi connectivity index (χ2n) is 3.71. The molecule has 1 atom stereocenters. The molecule has 0 aliphatic carbocycles. The predicted octanol–water partition coefficient (Wildman–Crippen LogP) is 3.01. The number of hydrogen-bond donors (Lipinski definition) is 0. The summed E-state index contributed by atoms with van der Waals surface area (Å²) in [6.45, 7) is 0. The number of halogens is 1. The van der Waals surface area contributed by atoms with E-state index in [0.29, 0.717) is 10.5 Å². The molecule has 0 bridgehead atoms. The molecule has 2 rings (SSSR count). The van der Waals surface area contributed by atoms with Crippen LogP contribution in [0.5, 0.6) is 0 Å². The molecular formula is C14H10FNOS. The van der Waals surface area contributed by atoms with E-state index in [4.69, 9.17) is 5.26 Å². The van der Waals surface area contributed by atoms with E-state index >= 15 is 0 Å². The van der Waals surface area contributed by atoms with Crippen LogP contribution in [-0.4, -0.2) is 4.21 Å². The van der Waals surface area contributed by atoms with E-state index in [-0.39, 0.29) is 11.6 Å². The van der Waals surface area contributed by atoms with E-state index < -0.39 is 10.8 Å². The van der Waals surface area contributed by atoms with Crippen LogP contribution >= 0.6 is 0 Å². The molecule has 0 heterocycles. The Labute approximate surface area is 107 Å². The Morgan fingerprint density at radius 1 is 1.11 bits per heavy atom. The molecular weight excluding hydrogens is 249 g/mol. The van der Waals surface area contributed by atoms with Gasteiger partial charge in [0.25, 0.3) is 0 Å². The molecule has 1 unspecified atom stereocenters. The largest absolute Gasteiger partial charge is 0.254 e. The third-order valence-corrected chi connectivity index (χ3v) is 3.87. The van der Waals surface area contributed by atoms with Crippen LogP contribution < -0.4 is 0 Å². The minimum Gasteiger partial charge on any atom is -0.254 e. The van der Waals surface area contributed by atoms with Gasteiger partial charge in [0.05, 0.1) is 28.2 Å². The molecule has 0 aliphatic heterocycles. The number of hydrogen-bond acceptors (Lipinski definition) is 2. The van der Waals surface area contributed by atoms with Crippen molar-refractivity contribution in [1.29, 1.82) is 5.26 Å². The molecule has 0 radical (unpaired) electrons. The highest BCUT2D eigenvalue weighted by Crippen LogP contribution is 2.15. The summed E-state index contributed by atoms with van der Waals surface area (Å²) in [5, 5.41) is 8.94. The van der Waals surface area contributed by atoms with E-state index in [0.717, 1.165) is 5.56 Å². The summed E-state index contributed by atoms with van der Waals surface area (Å²) in [5.41, 5.74) is 1.26. The molecule has 18 heavy (non-hydrogen) atoms. The highest BCUT2D eigenvalue weighted by molar-refractivity contribution is 7.84. The molecule has 90 valence electrons. The van der Waals surface area contributed by atoms with Crippen molar-refractivity contribution < 1.29 is 8.60 Å². The first kappa shape index (κ1) is 12.5. The topological polar surface area (TPSA) is 40.9 Å². The lowest BCUT2D eigenvalue weighted by atomic mass is 10.1. The van der Waals surface area contributed by atoms with Crippen molar-refractivity contribution in [2.24, 2.45) is 0 Å². The standard InChI is InChI=1S/C14H10FNOS/c15-13-5-7-14(8-6-13)18(17)10-12-4-2-1-3-11(12)9-16/h1-8H,10H2. The van der Waals surface area contributed by atoms with Crippen molar-refractivity contribution >= 4 is 10.8 Å². The lowest BCUT2D eigenvalue weighted by Crippen LogP contribution is -1.98. The minimum absolute atomic E-state index is 0.259. The first-order chi connectivity index (χ1) is 8.70. The summed E-state index contributed by atoms with van der Waals surface area (Å²) in [6.07, 6.45) is 0. The van der Waals surface area contributed by atoms with Crippen molar-refractivity contribution in [3.05, 3.63) is 65.5 Å². The molecule has 0 spiro atoms. The average molecular weight is 259 g/mol. The van der Waals surface area contributed by atoms with Crippen LogP contribution in [0.15, 0.2) is 53.4 Å². The molecule has 0 saturated carbocycles. The lowest BCUT2D eigenvalue weighted by molar-refractivity contribution is 0.626. The Bertz CT molecular complexity index is 616. The van der Waals surface area contributed by atoms with Crippen LogP contribution in [0.4, 0.5) is 4.39 Å². The van der Waals surface area contributed by atoms with Gasteiger partial charge in [-0.2, -0.15) is 5.26 Å². The number of rotatable bonds is 3. The minimum atomic E-state index is -1.27. The summed E-state index contributed by atoms with van der Waals surface area (Å²) < 4.78 is 24.8. The van der Waals surface area contributed by atoms with Gasteiger partial charge in [-0.3, -0.25) is 4.21 Å². The van der Waals surface area contributed by atoms with Crippen LogP contribution in [0.25, 0.3) is 0 Å². The molecule has 0 amide bonds. The van der Waals surface area contributed by atoms with Gasteiger partial charge >= 0.3 is 0 Å². The molecule has 0 N–H and O–H groups in total. The SMILES string of the molecule is N#Cc1ccccc1CS(=O)c1ccc(F)cc1. The maximum Gasteiger partial charge on any atom is 0.123 e. The maximum atomic E-state index is 12.8. The molecule has 0 saturated heterocycles. The van der Waals surface area contributed by atoms with Gasteiger partial charge in [-0.05, 0) is 35.9 Å². The van der Waals surface area contributed by atoms with Crippen molar-refractivity contribution in [1.82, 2.24) is 0 Å². The smallest absolute Gasteiger partial charge is 0.123 e. The zero-order valence-electron chi connectivity index (χ0n) is 9.47. The quantitative estimate of drug-likeness (QED) is 0.850. The van der Waals surface area contributed by atoms with E-state index in [1.807, 2.05) is 0 Å². The van der Waals surface area contributed by atoms with E-state index in [1.54, 1.807) is 24.3 Å². The van der Waals surface area contributed by atoms with Gasteiger partial charge in [0.15, 0.2) is 0 Å². The normalized spacial score (nSPS) is 11.8. The van der Waals surface area contributed by atoms with Gasteiger partial charge in [0.1, 0.15) is 5.82 Å². The Morgan fingerprint density at radius 3 is 2.44 bits per heavy atom. The van der Waals surface area contributed by atoms with Crippen LogP contribution in [0.1, 0.15) is 11.1 Å². The molecule has 2 nitrogen and oxygen atoms in total. The van der Waals surface area contributed by atoms with E-state index in [1.165, 1.54) is 24.3 Å². The summed E-state index contributed by atoms with van der Waals surface area (Å²) in [6, 6.07) is 14.7. The molecule has 0 fully saturated rings. The molecule has 0 aromatic heterocycles. The fourth-order valence-electron chi connectivity index (χ4n) is 1.57. The van der Waals surface area contributed by atoms with Gasteiger partial charge in [-0.15, -0.1) is 0 Å². The second-order valence-corrected chi connectivity index (χ2v) is 5.16. The van der Waals surface area contributed by atoms with Gasteiger partial charge in [0.2, 0.25) is 0 Å². The lowest BCUT2D eigenvalue weighted by Gasteiger charge is -2.04. The highest BCUT2D eigenvalue weighted by Gasteiger charge is 2.08. The Morgan fingerprint density at radius 2 is 1.78 bits per heavy atom. The van der Waals surface area contributed by atoms with Gasteiger partial charge in [-0.25, -0.2) is 4.39 Å². The van der Waals surface area contributed by atoms with Crippen LogP contribution in [0.2, 0.25) is 0 Å². The number of nitrogens with zero attached hydrogens (tertiary/aromatic N) is 1. The van der Waals surface area contributed by atoms with Crippen molar-refractivity contribution in [2.45, 2.75) is 10.6 Å². The summed E-state index contributed by atoms with van der Waals surface area (Å²) in [4.78, 5) is 0.559. The molecule has 4 heteroatoms. The van der Waals surface area contributed by atoms with Crippen LogP contribution in [0.3, 0.4) is 0 Å². The third-order valence-electron chi connectivity index (χ3n) is 2.50. The average Bonchev–Trinajstić information content (AvgIpc) is 2.40. The zero-order valence-corrected chi connectivity index (χ0v) is 10.3. The molecule has 2 aromatic carbocycles. The number of nitriles is 1. The second kappa shape index (κ2) is 5.56. The van der Waals surface area contributed by atoms with Gasteiger partial charge < -0.3 is 0 Å². The first-order valence-corrected chi connectivity index (χ1v) is 6.64. The maximum absolute atomic E-state index is 12.8. The highest BCUT2D eigenvalue weighted by atomic mass is 32.2. The summed E-state index contributed by atoms with van der Waals surface area (Å²) in [5.74, 6) is -0.0943. The van der Waals surface area contributed by atoms with Crippen molar-refractivity contribution in [3.63, 3.8) is 0 Å². The predicted molar refractivity (Wildman–Crippen MR) is 67.7 cm³/mol. The summed E-state index contributed by atoms with van der Waals surface area (Å²) in [7, 11) is -1.27. The Kier molecular flexibility index (Phi) is 3.85.